The van der Waals surface area contributed by atoms with Crippen molar-refractivity contribution in [3.63, 3.8) is 0 Å². The molecule has 9 heteroatoms. The highest BCUT2D eigenvalue weighted by molar-refractivity contribution is 6.24. The summed E-state index contributed by atoms with van der Waals surface area (Å²) >= 11 is 0. The molecule has 0 amide bonds. The zero-order valence-corrected chi connectivity index (χ0v) is 37.8. The normalized spacial score (nSPS) is 22.6. The van der Waals surface area contributed by atoms with E-state index in [9.17, 15) is 14.4 Å². The lowest BCUT2D eigenvalue weighted by molar-refractivity contribution is -0.143. The Kier molecular flexibility index (Phi) is 14.2. The maximum absolute atomic E-state index is 14.4. The monoisotopic (exact) mass is 817 g/mol. The second kappa shape index (κ2) is 19.1. The predicted octanol–water partition coefficient (Wildman–Crippen LogP) is 9.66. The lowest BCUT2D eigenvalue weighted by Crippen LogP contribution is -2.25. The summed E-state index contributed by atoms with van der Waals surface area (Å²) in [5, 5.41) is 5.65. The largest absolute Gasteiger partial charge is 0.468 e. The molecule has 1 saturated heterocycles. The van der Waals surface area contributed by atoms with Crippen LogP contribution < -0.4 is 16.0 Å². The van der Waals surface area contributed by atoms with Gasteiger partial charge in [-0.25, -0.2) is 0 Å². The molecule has 3 aromatic rings. The Labute approximate surface area is 357 Å². The van der Waals surface area contributed by atoms with E-state index in [2.05, 4.69) is 100 Å². The average molecular weight is 817 g/mol. The fourth-order valence-electron chi connectivity index (χ4n) is 9.62. The minimum Gasteiger partial charge on any atom is -0.468 e. The van der Waals surface area contributed by atoms with Gasteiger partial charge in [-0.2, -0.15) is 0 Å². The number of carbonyl (C=O) groups is 3. The SMILES string of the molecule is C=Cc1c2[nH]c(c1C)/C=C1\N/C(=C3\c4[nH]c(c(C)c4C(=O)[C@@H]3C(=O)OC)/C=c3\[nH]/c(c(C)c3CC)=C\2)[C@@H](CCC(=O)OC/C=C(/C)CCC[C@H](C)CCC[C@H](C)CC)[C@@H]1C. The van der Waals surface area contributed by atoms with Crippen LogP contribution in [0.3, 0.4) is 0 Å². The fourth-order valence-corrected chi connectivity index (χ4v) is 9.62. The Morgan fingerprint density at radius 1 is 0.883 bits per heavy atom. The van der Waals surface area contributed by atoms with Gasteiger partial charge in [-0.1, -0.05) is 85.0 Å². The van der Waals surface area contributed by atoms with Crippen LogP contribution in [0, 0.1) is 50.4 Å². The van der Waals surface area contributed by atoms with Gasteiger partial charge in [0.25, 0.3) is 0 Å². The maximum Gasteiger partial charge on any atom is 0.321 e. The third kappa shape index (κ3) is 9.01. The van der Waals surface area contributed by atoms with Gasteiger partial charge in [0.2, 0.25) is 0 Å². The topological polar surface area (TPSA) is 129 Å². The van der Waals surface area contributed by atoms with Gasteiger partial charge in [-0.3, -0.25) is 14.4 Å². The van der Waals surface area contributed by atoms with Crippen LogP contribution in [0.25, 0.3) is 29.9 Å². The van der Waals surface area contributed by atoms with Gasteiger partial charge in [0.15, 0.2) is 5.78 Å². The van der Waals surface area contributed by atoms with Crippen LogP contribution >= 0.6 is 0 Å². The van der Waals surface area contributed by atoms with E-state index in [-0.39, 0.29) is 36.6 Å². The Hall–Kier alpha value is -5.05. The second-order valence-electron chi connectivity index (χ2n) is 17.8. The average Bonchev–Trinajstić information content (AvgIpc) is 3.97. The standard InChI is InChI=1S/C51H68N4O5/c1-12-28(4)17-15-18-29(5)19-16-20-30(6)23-24-60-44(56)22-21-37-33(9)40-25-38-31(7)35(13-2)42(52-38)26-39-32(8)36(14-3)43(53-39)27-41-34(10)45-49(55-41)46(48(37)54-40)47(50(45)57)51(58)59-11/h13,23,25-29,33,37,47,52-55H,2,12,14-22,24H2,1,3-11H3/b30-23-,39-26-,40-25-,43-27-,48-46-/t28-,29-,33+,37+,47-/m1/s1. The van der Waals surface area contributed by atoms with Crippen molar-refractivity contribution in [1.29, 1.82) is 0 Å². The van der Waals surface area contributed by atoms with Crippen LogP contribution in [0.4, 0.5) is 0 Å². The van der Waals surface area contributed by atoms with Crippen molar-refractivity contribution >= 4 is 47.6 Å². The summed E-state index contributed by atoms with van der Waals surface area (Å²) in [6, 6.07) is 0. The number of esters is 2. The number of H-pyrrole nitrogens is 3. The molecular formula is C51H68N4O5. The molecule has 2 aliphatic heterocycles. The Bertz CT molecular complexity index is 2360. The highest BCUT2D eigenvalue weighted by Gasteiger charge is 2.48. The zero-order valence-electron chi connectivity index (χ0n) is 37.8. The number of nitrogens with one attached hydrogen (secondary N) is 4. The first-order valence-electron chi connectivity index (χ1n) is 22.4. The molecule has 5 atom stereocenters. The van der Waals surface area contributed by atoms with Crippen LogP contribution in [0.5, 0.6) is 0 Å². The number of rotatable bonds is 17. The molecule has 6 rings (SSSR count). The molecule has 322 valence electrons. The molecule has 9 nitrogen and oxygen atoms in total. The van der Waals surface area contributed by atoms with Crippen molar-refractivity contribution in [2.75, 3.05) is 13.7 Å². The van der Waals surface area contributed by atoms with Crippen molar-refractivity contribution in [2.24, 2.45) is 29.6 Å². The number of fused-ring (bicyclic) bond motifs is 7. The number of ketones is 1. The fraction of sp³-hybridized carbons (Fsp3) is 0.510. The van der Waals surface area contributed by atoms with Crippen molar-refractivity contribution in [2.45, 2.75) is 127 Å². The first-order valence-corrected chi connectivity index (χ1v) is 22.4. The highest BCUT2D eigenvalue weighted by Crippen LogP contribution is 2.48. The lowest BCUT2D eigenvalue weighted by Gasteiger charge is -2.19. The van der Waals surface area contributed by atoms with Gasteiger partial charge >= 0.3 is 11.9 Å². The highest BCUT2D eigenvalue weighted by atomic mass is 16.5. The first kappa shape index (κ1) is 44.5. The van der Waals surface area contributed by atoms with Gasteiger partial charge in [0.05, 0.1) is 12.8 Å². The number of aromatic nitrogens is 3. The van der Waals surface area contributed by atoms with Crippen LogP contribution in [-0.4, -0.2) is 46.4 Å². The Balaban J connectivity index is 1.31. The van der Waals surface area contributed by atoms with E-state index in [0.717, 1.165) is 92.5 Å². The Morgan fingerprint density at radius 3 is 2.28 bits per heavy atom. The molecule has 8 bridgehead atoms. The number of hydrogen-bond acceptors (Lipinski definition) is 6. The van der Waals surface area contributed by atoms with Gasteiger partial charge in [-0.05, 0) is 112 Å². The number of carbonyl (C=O) groups excluding carboxylic acids is 3. The Morgan fingerprint density at radius 2 is 1.58 bits per heavy atom. The van der Waals surface area contributed by atoms with E-state index >= 15 is 0 Å². The van der Waals surface area contributed by atoms with Crippen LogP contribution in [0.1, 0.15) is 160 Å². The van der Waals surface area contributed by atoms with Gasteiger partial charge in [0, 0.05) is 74.1 Å². The van der Waals surface area contributed by atoms with Gasteiger partial charge in [-0.15, -0.1) is 0 Å². The maximum atomic E-state index is 14.4. The van der Waals surface area contributed by atoms with E-state index in [1.165, 1.54) is 50.4 Å². The molecule has 0 aromatic carbocycles. The molecule has 0 saturated carbocycles. The number of Topliss-reactive ketones (excluding diaryl/α,β-unsaturated/α-hetero) is 1. The lowest BCUT2D eigenvalue weighted by atomic mass is 9.85. The van der Waals surface area contributed by atoms with Crippen molar-refractivity contribution in [3.05, 3.63) is 96.5 Å². The van der Waals surface area contributed by atoms with Gasteiger partial charge < -0.3 is 29.7 Å². The number of methoxy groups -OCH3 is 1. The van der Waals surface area contributed by atoms with Crippen LogP contribution in [-0.2, 0) is 25.5 Å². The number of aromatic amines is 3. The first-order chi connectivity index (χ1) is 28.7. The van der Waals surface area contributed by atoms with Crippen molar-refractivity contribution < 1.29 is 23.9 Å². The van der Waals surface area contributed by atoms with E-state index in [4.69, 9.17) is 9.47 Å². The predicted molar refractivity (Wildman–Crippen MR) is 243 cm³/mol. The smallest absolute Gasteiger partial charge is 0.321 e. The van der Waals surface area contributed by atoms with E-state index in [0.29, 0.717) is 23.3 Å². The quantitative estimate of drug-likeness (QED) is 0.0611. The minimum absolute atomic E-state index is 0.0858. The minimum atomic E-state index is -1.14. The number of allylic oxidation sites excluding steroid dienone is 3. The van der Waals surface area contributed by atoms with E-state index in [1.807, 2.05) is 19.1 Å². The second-order valence-corrected chi connectivity index (χ2v) is 17.8. The summed E-state index contributed by atoms with van der Waals surface area (Å²) in [7, 11) is 1.32. The molecule has 1 aliphatic carbocycles. The number of hydrogen-bond donors (Lipinski definition) is 4. The molecule has 3 aliphatic rings. The van der Waals surface area contributed by atoms with Crippen LogP contribution in [0.15, 0.2) is 29.6 Å². The zero-order chi connectivity index (χ0) is 43.4. The molecule has 5 heterocycles. The third-order valence-corrected chi connectivity index (χ3v) is 13.8. The molecular weight excluding hydrogens is 749 g/mol. The number of ether oxygens (including phenoxy) is 2. The van der Waals surface area contributed by atoms with E-state index < -0.39 is 11.9 Å². The summed E-state index contributed by atoms with van der Waals surface area (Å²) in [5.41, 5.74) is 12.5. The van der Waals surface area contributed by atoms with Gasteiger partial charge in [0.1, 0.15) is 12.5 Å². The van der Waals surface area contributed by atoms with E-state index in [1.54, 1.807) is 0 Å². The van der Waals surface area contributed by atoms with Crippen molar-refractivity contribution in [3.8, 4) is 0 Å². The summed E-state index contributed by atoms with van der Waals surface area (Å²) < 4.78 is 11.1. The summed E-state index contributed by atoms with van der Waals surface area (Å²) in [6.07, 6.45) is 20.2. The summed E-state index contributed by atoms with van der Waals surface area (Å²) in [6.45, 7) is 23.9. The molecule has 1 fully saturated rings. The van der Waals surface area contributed by atoms with Crippen molar-refractivity contribution in [1.82, 2.24) is 20.3 Å². The molecule has 0 radical (unpaired) electrons. The van der Waals surface area contributed by atoms with Crippen LogP contribution in [0.2, 0.25) is 0 Å². The molecule has 0 spiro atoms. The summed E-state index contributed by atoms with van der Waals surface area (Å²) in [4.78, 5) is 52.2. The molecule has 60 heavy (non-hydrogen) atoms. The molecule has 0 unspecified atom stereocenters. The third-order valence-electron chi connectivity index (χ3n) is 13.8. The summed E-state index contributed by atoms with van der Waals surface area (Å²) in [5.74, 6) is -1.08. The molecule has 4 N–H and O–H groups in total. The molecule has 3 aromatic heterocycles.